The van der Waals surface area contributed by atoms with Crippen LogP contribution >= 0.6 is 22.7 Å². The minimum absolute atomic E-state index is 0.218. The monoisotopic (exact) mass is 296 g/mol. The van der Waals surface area contributed by atoms with E-state index in [1.165, 1.54) is 4.88 Å². The second-order valence-corrected chi connectivity index (χ2v) is 6.00. The van der Waals surface area contributed by atoms with Crippen LogP contribution in [0.2, 0.25) is 0 Å². The topological polar surface area (TPSA) is 61.4 Å². The maximum Gasteiger partial charge on any atom is 0.314 e. The molecule has 0 aromatic carbocycles. The Kier molecular flexibility index (Phi) is 4.95. The molecule has 19 heavy (non-hydrogen) atoms. The first-order valence-corrected chi connectivity index (χ1v) is 7.73. The van der Waals surface area contributed by atoms with Crippen molar-refractivity contribution in [3.8, 4) is 9.75 Å². The zero-order valence-electron chi connectivity index (χ0n) is 10.6. The molecule has 3 N–H and O–H groups in total. The number of rotatable bonds is 5. The molecule has 2 rings (SSSR count). The summed E-state index contributed by atoms with van der Waals surface area (Å²) in [6, 6.07) is 7.72. The third-order valence-corrected chi connectivity index (χ3v) is 4.76. The van der Waals surface area contributed by atoms with E-state index in [1.54, 1.807) is 22.7 Å². The predicted molar refractivity (Wildman–Crippen MR) is 79.7 cm³/mol. The molecule has 1 atom stereocenters. The molecular weight excluding hydrogens is 280 g/mol. The van der Waals surface area contributed by atoms with Gasteiger partial charge >= 0.3 is 6.03 Å². The molecule has 0 aliphatic heterocycles. The first-order valence-electron chi connectivity index (χ1n) is 6.04. The molecule has 2 heterocycles. The molecule has 0 aliphatic rings. The van der Waals surface area contributed by atoms with E-state index in [-0.39, 0.29) is 12.6 Å². The van der Waals surface area contributed by atoms with Crippen molar-refractivity contribution < 1.29 is 9.90 Å². The van der Waals surface area contributed by atoms with Crippen molar-refractivity contribution in [3.63, 3.8) is 0 Å². The van der Waals surface area contributed by atoms with Crippen molar-refractivity contribution in [2.24, 2.45) is 0 Å². The lowest BCUT2D eigenvalue weighted by molar-refractivity contribution is 0.176. The third-order valence-electron chi connectivity index (χ3n) is 2.51. The van der Waals surface area contributed by atoms with E-state index in [9.17, 15) is 9.90 Å². The van der Waals surface area contributed by atoms with Gasteiger partial charge in [-0.25, -0.2) is 4.79 Å². The summed E-state index contributed by atoms with van der Waals surface area (Å²) < 4.78 is 0. The number of amides is 2. The highest BCUT2D eigenvalue weighted by Crippen LogP contribution is 2.33. The first-order chi connectivity index (χ1) is 9.20. The fourth-order valence-corrected chi connectivity index (χ4v) is 3.42. The highest BCUT2D eigenvalue weighted by Gasteiger charge is 2.12. The van der Waals surface area contributed by atoms with Crippen molar-refractivity contribution in [2.45, 2.75) is 13.0 Å². The molecule has 2 aromatic heterocycles. The third kappa shape index (κ3) is 3.79. The van der Waals surface area contributed by atoms with Crippen LogP contribution in [0.4, 0.5) is 4.79 Å². The Bertz CT molecular complexity index is 522. The van der Waals surface area contributed by atoms with Crippen LogP contribution in [0.3, 0.4) is 0 Å². The lowest BCUT2D eigenvalue weighted by atomic mass is 10.3. The maximum atomic E-state index is 11.2. The van der Waals surface area contributed by atoms with Crippen LogP contribution in [-0.2, 0) is 0 Å². The van der Waals surface area contributed by atoms with Gasteiger partial charge in [0.2, 0.25) is 0 Å². The summed E-state index contributed by atoms with van der Waals surface area (Å²) in [5, 5.41) is 17.3. The maximum absolute atomic E-state index is 11.2. The number of aliphatic hydroxyl groups is 1. The van der Waals surface area contributed by atoms with E-state index in [0.717, 1.165) is 9.75 Å². The van der Waals surface area contributed by atoms with Gasteiger partial charge in [0.15, 0.2) is 0 Å². The molecule has 6 heteroatoms. The highest BCUT2D eigenvalue weighted by molar-refractivity contribution is 7.21. The van der Waals surface area contributed by atoms with Gasteiger partial charge in [-0.3, -0.25) is 0 Å². The van der Waals surface area contributed by atoms with Crippen molar-refractivity contribution in [1.82, 2.24) is 10.6 Å². The molecule has 4 nitrogen and oxygen atoms in total. The average Bonchev–Trinajstić information content (AvgIpc) is 3.06. The summed E-state index contributed by atoms with van der Waals surface area (Å²) in [5.74, 6) is 0. The van der Waals surface area contributed by atoms with Gasteiger partial charge in [-0.15, -0.1) is 22.7 Å². The van der Waals surface area contributed by atoms with Gasteiger partial charge in [-0.05, 0) is 30.5 Å². The summed E-state index contributed by atoms with van der Waals surface area (Å²) in [5.41, 5.74) is 0. The molecule has 0 bridgehead atoms. The van der Waals surface area contributed by atoms with Crippen LogP contribution in [0.25, 0.3) is 9.75 Å². The highest BCUT2D eigenvalue weighted by atomic mass is 32.1. The van der Waals surface area contributed by atoms with Crippen molar-refractivity contribution in [1.29, 1.82) is 0 Å². The van der Waals surface area contributed by atoms with Crippen molar-refractivity contribution >= 4 is 28.7 Å². The number of urea groups is 1. The van der Waals surface area contributed by atoms with Crippen LogP contribution in [0.1, 0.15) is 17.9 Å². The van der Waals surface area contributed by atoms with E-state index in [1.807, 2.05) is 30.5 Å². The molecule has 0 radical (unpaired) electrons. The zero-order valence-corrected chi connectivity index (χ0v) is 12.2. The Morgan fingerprint density at radius 2 is 2.16 bits per heavy atom. The molecule has 2 aromatic rings. The SMILES string of the molecule is CCNC(=O)NCC(O)c1ccc(-c2cccs2)s1. The Balaban J connectivity index is 1.93. The number of hydrogen-bond acceptors (Lipinski definition) is 4. The first kappa shape index (κ1) is 14.0. The largest absolute Gasteiger partial charge is 0.386 e. The smallest absolute Gasteiger partial charge is 0.314 e. The number of thiophene rings is 2. The minimum Gasteiger partial charge on any atom is -0.386 e. The van der Waals surface area contributed by atoms with Gasteiger partial charge in [-0.1, -0.05) is 6.07 Å². The molecule has 0 spiro atoms. The zero-order chi connectivity index (χ0) is 13.7. The van der Waals surface area contributed by atoms with Crippen molar-refractivity contribution in [2.75, 3.05) is 13.1 Å². The lowest BCUT2D eigenvalue weighted by Crippen LogP contribution is -2.37. The Hall–Kier alpha value is -1.37. The Morgan fingerprint density at radius 3 is 2.84 bits per heavy atom. The number of hydrogen-bond donors (Lipinski definition) is 3. The summed E-state index contributed by atoms with van der Waals surface area (Å²) in [4.78, 5) is 14.4. The number of carbonyl (C=O) groups excluding carboxylic acids is 1. The van der Waals surface area contributed by atoms with E-state index in [0.29, 0.717) is 6.54 Å². The molecule has 102 valence electrons. The second kappa shape index (κ2) is 6.70. The molecule has 0 saturated heterocycles. The van der Waals surface area contributed by atoms with Crippen LogP contribution in [-0.4, -0.2) is 24.2 Å². The summed E-state index contributed by atoms with van der Waals surface area (Å²) in [6.45, 7) is 2.64. The van der Waals surface area contributed by atoms with Crippen LogP contribution in [0.15, 0.2) is 29.6 Å². The van der Waals surface area contributed by atoms with E-state index in [2.05, 4.69) is 16.7 Å². The molecule has 0 aliphatic carbocycles. The van der Waals surface area contributed by atoms with E-state index in [4.69, 9.17) is 0 Å². The number of carbonyl (C=O) groups is 1. The van der Waals surface area contributed by atoms with Gasteiger partial charge in [0, 0.05) is 21.2 Å². The number of nitrogens with one attached hydrogen (secondary N) is 2. The Morgan fingerprint density at radius 1 is 1.32 bits per heavy atom. The average molecular weight is 296 g/mol. The predicted octanol–water partition coefficient (Wildman–Crippen LogP) is 2.83. The van der Waals surface area contributed by atoms with Crippen LogP contribution < -0.4 is 10.6 Å². The normalized spacial score (nSPS) is 12.1. The minimum atomic E-state index is -0.665. The van der Waals surface area contributed by atoms with Crippen LogP contribution in [0.5, 0.6) is 0 Å². The van der Waals surface area contributed by atoms with Gasteiger partial charge in [0.1, 0.15) is 6.10 Å². The van der Waals surface area contributed by atoms with Gasteiger partial charge in [0.05, 0.1) is 6.54 Å². The quantitative estimate of drug-likeness (QED) is 0.794. The van der Waals surface area contributed by atoms with E-state index >= 15 is 0 Å². The summed E-state index contributed by atoms with van der Waals surface area (Å²) in [7, 11) is 0. The fourth-order valence-electron chi connectivity index (χ4n) is 1.60. The fraction of sp³-hybridized carbons (Fsp3) is 0.308. The molecule has 1 unspecified atom stereocenters. The van der Waals surface area contributed by atoms with Gasteiger partial charge in [-0.2, -0.15) is 0 Å². The second-order valence-electron chi connectivity index (χ2n) is 3.94. The number of aliphatic hydroxyl groups excluding tert-OH is 1. The molecule has 2 amide bonds. The lowest BCUT2D eigenvalue weighted by Gasteiger charge is -2.10. The van der Waals surface area contributed by atoms with Crippen molar-refractivity contribution in [3.05, 3.63) is 34.5 Å². The molecular formula is C13H16N2O2S2. The van der Waals surface area contributed by atoms with Gasteiger partial charge in [0.25, 0.3) is 0 Å². The van der Waals surface area contributed by atoms with Crippen LogP contribution in [0, 0.1) is 0 Å². The molecule has 0 fully saturated rings. The summed E-state index contributed by atoms with van der Waals surface area (Å²) >= 11 is 3.23. The standard InChI is InChI=1S/C13H16N2O2S2/c1-2-14-13(17)15-8-9(16)10-5-6-12(19-10)11-4-3-7-18-11/h3-7,9,16H,2,8H2,1H3,(H2,14,15,17). The molecule has 0 saturated carbocycles. The van der Waals surface area contributed by atoms with Gasteiger partial charge < -0.3 is 15.7 Å². The summed E-state index contributed by atoms with van der Waals surface area (Å²) in [6.07, 6.45) is -0.665. The van der Waals surface area contributed by atoms with E-state index < -0.39 is 6.10 Å². The Labute approximate surface area is 120 Å².